The summed E-state index contributed by atoms with van der Waals surface area (Å²) < 4.78 is 10.7. The molecule has 0 saturated carbocycles. The van der Waals surface area contributed by atoms with E-state index in [0.29, 0.717) is 42.9 Å². The predicted molar refractivity (Wildman–Crippen MR) is 118 cm³/mol. The normalized spacial score (nSPS) is 17.1. The van der Waals surface area contributed by atoms with E-state index in [1.165, 1.54) is 25.8 Å². The van der Waals surface area contributed by atoms with Crippen LogP contribution in [0.4, 0.5) is 5.69 Å². The first-order valence-corrected chi connectivity index (χ1v) is 10.2. The van der Waals surface area contributed by atoms with E-state index in [-0.39, 0.29) is 5.91 Å². The van der Waals surface area contributed by atoms with Gasteiger partial charge in [-0.05, 0) is 60.7 Å². The van der Waals surface area contributed by atoms with Crippen LogP contribution in [-0.4, -0.2) is 35.4 Å². The van der Waals surface area contributed by atoms with Crippen molar-refractivity contribution < 1.29 is 24.2 Å². The van der Waals surface area contributed by atoms with Gasteiger partial charge < -0.3 is 19.9 Å². The van der Waals surface area contributed by atoms with Gasteiger partial charge in [-0.15, -0.1) is 0 Å². The number of carboxylic acid groups (broad SMARTS) is 1. The number of rotatable bonds is 6. The molecule has 1 aliphatic rings. The third-order valence-corrected chi connectivity index (χ3v) is 5.57. The highest BCUT2D eigenvalue weighted by Crippen LogP contribution is 2.33. The van der Waals surface area contributed by atoms with Crippen LogP contribution < -0.4 is 14.8 Å². The van der Waals surface area contributed by atoms with Crippen molar-refractivity contribution in [1.29, 1.82) is 0 Å². The summed E-state index contributed by atoms with van der Waals surface area (Å²) in [6, 6.07) is 9.86. The third-order valence-electron chi connectivity index (χ3n) is 3.92. The second-order valence-electron chi connectivity index (χ2n) is 6.09. The Balaban J connectivity index is 1.81. The Morgan fingerprint density at radius 2 is 1.97 bits per heavy atom. The molecule has 1 amide bonds. The van der Waals surface area contributed by atoms with Gasteiger partial charge in [0.25, 0.3) is 5.91 Å². The van der Waals surface area contributed by atoms with E-state index in [2.05, 4.69) is 10.3 Å². The minimum atomic E-state index is -1.09. The van der Waals surface area contributed by atoms with Crippen LogP contribution in [0.25, 0.3) is 6.08 Å². The Kier molecular flexibility index (Phi) is 6.91. The predicted octanol–water partition coefficient (Wildman–Crippen LogP) is 4.75. The van der Waals surface area contributed by atoms with Crippen molar-refractivity contribution in [2.24, 2.45) is 4.99 Å². The van der Waals surface area contributed by atoms with Gasteiger partial charge >= 0.3 is 5.97 Å². The molecule has 0 bridgehead atoms. The summed E-state index contributed by atoms with van der Waals surface area (Å²) in [5.41, 5.74) is 1.24. The van der Waals surface area contributed by atoms with Gasteiger partial charge in [0.15, 0.2) is 22.8 Å². The van der Waals surface area contributed by atoms with Crippen LogP contribution in [-0.2, 0) is 9.59 Å². The first-order chi connectivity index (χ1) is 14.3. The molecule has 1 aliphatic heterocycles. The van der Waals surface area contributed by atoms with Gasteiger partial charge in [-0.1, -0.05) is 29.3 Å². The number of methoxy groups -OCH3 is 1. The molecule has 1 fully saturated rings. The van der Waals surface area contributed by atoms with E-state index < -0.39 is 12.1 Å². The van der Waals surface area contributed by atoms with Crippen LogP contribution in [0, 0.1) is 0 Å². The first kappa shape index (κ1) is 22.0. The summed E-state index contributed by atoms with van der Waals surface area (Å²) in [6.45, 7) is 1.42. The molecule has 0 unspecified atom stereocenters. The molecular formula is C20H16Cl2N2O5S. The summed E-state index contributed by atoms with van der Waals surface area (Å²) in [5, 5.41) is 12.9. The number of amides is 1. The van der Waals surface area contributed by atoms with E-state index in [4.69, 9.17) is 37.8 Å². The summed E-state index contributed by atoms with van der Waals surface area (Å²) >= 11 is 13.1. The fourth-order valence-electron chi connectivity index (χ4n) is 2.42. The number of carbonyl (C=O) groups excluding carboxylic acids is 1. The summed E-state index contributed by atoms with van der Waals surface area (Å²) in [4.78, 5) is 28.1. The zero-order chi connectivity index (χ0) is 21.8. The number of hydrogen-bond donors (Lipinski definition) is 2. The van der Waals surface area contributed by atoms with E-state index in [1.54, 1.807) is 42.5 Å². The molecule has 0 aliphatic carbocycles. The molecule has 2 aromatic carbocycles. The SMILES string of the molecule is COc1cc(/C=C2\SC(=Nc3ccc(Cl)c(Cl)c3)NC2=O)ccc1O[C@H](C)C(=O)O. The van der Waals surface area contributed by atoms with Crippen molar-refractivity contribution in [3.05, 3.63) is 56.9 Å². The molecule has 0 radical (unpaired) electrons. The van der Waals surface area contributed by atoms with Crippen LogP contribution in [0.2, 0.25) is 10.0 Å². The number of aliphatic imine (C=N–C) groups is 1. The molecule has 1 heterocycles. The zero-order valence-corrected chi connectivity index (χ0v) is 18.1. The Morgan fingerprint density at radius 3 is 2.63 bits per heavy atom. The van der Waals surface area contributed by atoms with Crippen molar-refractivity contribution in [2.75, 3.05) is 7.11 Å². The second-order valence-corrected chi connectivity index (χ2v) is 7.93. The van der Waals surface area contributed by atoms with Crippen LogP contribution in [0.15, 0.2) is 46.3 Å². The number of halogens is 2. The van der Waals surface area contributed by atoms with Crippen molar-refractivity contribution in [3.63, 3.8) is 0 Å². The summed E-state index contributed by atoms with van der Waals surface area (Å²) in [6.07, 6.45) is 0.643. The molecule has 1 saturated heterocycles. The highest BCUT2D eigenvalue weighted by atomic mass is 35.5. The number of nitrogens with one attached hydrogen (secondary N) is 1. The maximum Gasteiger partial charge on any atom is 0.344 e. The average molecular weight is 467 g/mol. The quantitative estimate of drug-likeness (QED) is 0.596. The maximum atomic E-state index is 12.3. The third kappa shape index (κ3) is 5.27. The van der Waals surface area contributed by atoms with Gasteiger partial charge in [0, 0.05) is 0 Å². The Morgan fingerprint density at radius 1 is 1.20 bits per heavy atom. The molecule has 156 valence electrons. The maximum absolute atomic E-state index is 12.3. The summed E-state index contributed by atoms with van der Waals surface area (Å²) in [5.74, 6) is -0.737. The van der Waals surface area contributed by atoms with Crippen molar-refractivity contribution in [1.82, 2.24) is 5.32 Å². The second kappa shape index (κ2) is 9.42. The Bertz CT molecular complexity index is 1070. The lowest BCUT2D eigenvalue weighted by molar-refractivity contribution is -0.144. The Labute approximate surface area is 186 Å². The fourth-order valence-corrected chi connectivity index (χ4v) is 3.55. The van der Waals surface area contributed by atoms with E-state index >= 15 is 0 Å². The number of aliphatic carboxylic acids is 1. The number of thioether (sulfide) groups is 1. The topological polar surface area (TPSA) is 97.2 Å². The lowest BCUT2D eigenvalue weighted by atomic mass is 10.2. The molecule has 2 aromatic rings. The number of carbonyl (C=O) groups is 2. The van der Waals surface area contributed by atoms with Gasteiger partial charge in [0.1, 0.15) is 0 Å². The van der Waals surface area contributed by atoms with Crippen LogP contribution >= 0.6 is 35.0 Å². The molecule has 1 atom stereocenters. The molecule has 2 N–H and O–H groups in total. The number of hydrogen-bond acceptors (Lipinski definition) is 6. The van der Waals surface area contributed by atoms with Gasteiger partial charge in [0.05, 0.1) is 27.7 Å². The Hall–Kier alpha value is -2.68. The van der Waals surface area contributed by atoms with Gasteiger partial charge in [-0.2, -0.15) is 0 Å². The minimum absolute atomic E-state index is 0.292. The number of benzene rings is 2. The zero-order valence-electron chi connectivity index (χ0n) is 15.8. The van der Waals surface area contributed by atoms with E-state index in [9.17, 15) is 9.59 Å². The summed E-state index contributed by atoms with van der Waals surface area (Å²) in [7, 11) is 1.45. The number of amidine groups is 1. The number of ether oxygens (including phenoxy) is 2. The minimum Gasteiger partial charge on any atom is -0.493 e. The van der Waals surface area contributed by atoms with Gasteiger partial charge in [0.2, 0.25) is 0 Å². The van der Waals surface area contributed by atoms with E-state index in [1.807, 2.05) is 0 Å². The standard InChI is InChI=1S/C20H16Cl2N2O5S/c1-10(19(26)27)29-15-6-3-11(7-16(15)28-2)8-17-18(25)24-20(30-17)23-12-4-5-13(21)14(22)9-12/h3-10H,1-2H3,(H,26,27)(H,23,24,25)/b17-8-/t10-/m1/s1. The molecular weight excluding hydrogens is 451 g/mol. The molecule has 10 heteroatoms. The highest BCUT2D eigenvalue weighted by Gasteiger charge is 2.24. The lowest BCUT2D eigenvalue weighted by Gasteiger charge is -2.14. The smallest absolute Gasteiger partial charge is 0.344 e. The van der Waals surface area contributed by atoms with Crippen molar-refractivity contribution >= 4 is 63.8 Å². The van der Waals surface area contributed by atoms with Gasteiger partial charge in [-0.25, -0.2) is 9.79 Å². The van der Waals surface area contributed by atoms with Crippen molar-refractivity contribution in [2.45, 2.75) is 13.0 Å². The largest absolute Gasteiger partial charge is 0.493 e. The van der Waals surface area contributed by atoms with Crippen molar-refractivity contribution in [3.8, 4) is 11.5 Å². The first-order valence-electron chi connectivity index (χ1n) is 8.59. The van der Waals surface area contributed by atoms with Crippen LogP contribution in [0.5, 0.6) is 11.5 Å². The highest BCUT2D eigenvalue weighted by molar-refractivity contribution is 8.18. The molecule has 30 heavy (non-hydrogen) atoms. The van der Waals surface area contributed by atoms with Crippen LogP contribution in [0.1, 0.15) is 12.5 Å². The monoisotopic (exact) mass is 466 g/mol. The molecule has 3 rings (SSSR count). The number of nitrogens with zero attached hydrogens (tertiary/aromatic N) is 1. The molecule has 0 aromatic heterocycles. The number of carboxylic acids is 1. The van der Waals surface area contributed by atoms with Gasteiger partial charge in [-0.3, -0.25) is 4.79 Å². The lowest BCUT2D eigenvalue weighted by Crippen LogP contribution is -2.23. The fraction of sp³-hybridized carbons (Fsp3) is 0.150. The van der Waals surface area contributed by atoms with Crippen LogP contribution in [0.3, 0.4) is 0 Å². The molecule has 0 spiro atoms. The molecule has 7 nitrogen and oxygen atoms in total. The average Bonchev–Trinajstić information content (AvgIpc) is 3.04. The van der Waals surface area contributed by atoms with E-state index in [0.717, 1.165) is 0 Å².